The number of sulfone groups is 1. The third-order valence-electron chi connectivity index (χ3n) is 5.90. The molecule has 0 radical (unpaired) electrons. The number of carbonyl (C=O) groups excluding carboxylic acids is 2. The normalized spacial score (nSPS) is 21.7. The first-order chi connectivity index (χ1) is 14.9. The van der Waals surface area contributed by atoms with Crippen LogP contribution < -0.4 is 9.80 Å². The Kier molecular flexibility index (Phi) is 4.27. The fourth-order valence-corrected chi connectivity index (χ4v) is 6.54. The Morgan fingerprint density at radius 3 is 2.23 bits per heavy atom. The predicted octanol–water partition coefficient (Wildman–Crippen LogP) is 3.16. The zero-order valence-electron chi connectivity index (χ0n) is 16.9. The van der Waals surface area contributed by atoms with E-state index in [1.807, 2.05) is 37.3 Å². The van der Waals surface area contributed by atoms with Crippen LogP contribution in [0.3, 0.4) is 0 Å². The van der Waals surface area contributed by atoms with Crippen molar-refractivity contribution in [1.82, 2.24) is 0 Å². The first kappa shape index (κ1) is 19.5. The van der Waals surface area contributed by atoms with Crippen molar-refractivity contribution >= 4 is 33.0 Å². The van der Waals surface area contributed by atoms with E-state index in [9.17, 15) is 18.0 Å². The third-order valence-corrected chi connectivity index (χ3v) is 8.00. The molecule has 0 saturated carbocycles. The van der Waals surface area contributed by atoms with Gasteiger partial charge in [-0.1, -0.05) is 66.2 Å². The number of benzene rings is 3. The van der Waals surface area contributed by atoms with Crippen LogP contribution in [0.1, 0.15) is 16.7 Å². The van der Waals surface area contributed by atoms with Crippen molar-refractivity contribution in [3.8, 4) is 0 Å². The third kappa shape index (κ3) is 2.66. The molecule has 2 aliphatic heterocycles. The van der Waals surface area contributed by atoms with Gasteiger partial charge in [-0.3, -0.25) is 14.5 Å². The molecule has 1 saturated heterocycles. The molecule has 1 spiro atoms. The predicted molar refractivity (Wildman–Crippen MR) is 118 cm³/mol. The highest BCUT2D eigenvalue weighted by atomic mass is 32.2. The Labute approximate surface area is 180 Å². The van der Waals surface area contributed by atoms with E-state index in [0.717, 1.165) is 11.1 Å². The number of hydrogen-bond donors (Lipinski definition) is 0. The highest BCUT2D eigenvalue weighted by Gasteiger charge is 2.69. The van der Waals surface area contributed by atoms with E-state index in [0.29, 0.717) is 16.9 Å². The number of aryl methyl sites for hydroxylation is 1. The van der Waals surface area contributed by atoms with Gasteiger partial charge >= 0.3 is 0 Å². The topological polar surface area (TPSA) is 74.8 Å². The van der Waals surface area contributed by atoms with Crippen molar-refractivity contribution in [3.63, 3.8) is 0 Å². The standard InChI is InChI=1S/C24H20N2O4S/c1-17-11-13-19(14-12-17)26-22(27)16-31(29,30)24(26)20-9-5-6-10-21(20)25(23(24)28)15-18-7-3-2-4-8-18/h2-14H,15-16H2,1H3/t24-/m1/s1. The Hall–Kier alpha value is -3.45. The van der Waals surface area contributed by atoms with Gasteiger partial charge in [0.2, 0.25) is 5.91 Å². The minimum Gasteiger partial charge on any atom is -0.304 e. The number of hydrogen-bond acceptors (Lipinski definition) is 4. The second-order valence-electron chi connectivity index (χ2n) is 7.86. The van der Waals surface area contributed by atoms with Crippen molar-refractivity contribution < 1.29 is 18.0 Å². The molecule has 0 aromatic heterocycles. The molecular weight excluding hydrogens is 412 g/mol. The number of carbonyl (C=O) groups is 2. The van der Waals surface area contributed by atoms with Crippen LogP contribution in [-0.4, -0.2) is 26.0 Å². The van der Waals surface area contributed by atoms with Crippen LogP contribution in [0.5, 0.6) is 0 Å². The van der Waals surface area contributed by atoms with Crippen molar-refractivity contribution in [2.45, 2.75) is 18.3 Å². The second-order valence-corrected chi connectivity index (χ2v) is 9.97. The lowest BCUT2D eigenvalue weighted by atomic mass is 10.0. The summed E-state index contributed by atoms with van der Waals surface area (Å²) in [4.78, 5) is 27.5. The van der Waals surface area contributed by atoms with Gasteiger partial charge in [0.15, 0.2) is 9.84 Å². The van der Waals surface area contributed by atoms with Crippen molar-refractivity contribution in [2.75, 3.05) is 15.6 Å². The van der Waals surface area contributed by atoms with Gasteiger partial charge in [0.25, 0.3) is 10.8 Å². The van der Waals surface area contributed by atoms with Crippen molar-refractivity contribution in [2.24, 2.45) is 0 Å². The molecule has 1 fully saturated rings. The molecule has 0 bridgehead atoms. The van der Waals surface area contributed by atoms with Crippen LogP contribution in [0.15, 0.2) is 78.9 Å². The molecule has 0 aliphatic carbocycles. The van der Waals surface area contributed by atoms with E-state index in [1.165, 1.54) is 9.80 Å². The fourth-order valence-electron chi connectivity index (χ4n) is 4.51. The van der Waals surface area contributed by atoms with Gasteiger partial charge in [0.05, 0.1) is 12.2 Å². The first-order valence-electron chi connectivity index (χ1n) is 9.94. The first-order valence-corrected chi connectivity index (χ1v) is 11.6. The highest BCUT2D eigenvalue weighted by Crippen LogP contribution is 2.52. The fraction of sp³-hybridized carbons (Fsp3) is 0.167. The molecule has 3 aromatic carbocycles. The van der Waals surface area contributed by atoms with E-state index in [-0.39, 0.29) is 6.54 Å². The molecule has 7 heteroatoms. The average molecular weight is 433 g/mol. The summed E-state index contributed by atoms with van der Waals surface area (Å²) in [5, 5.41) is 0. The van der Waals surface area contributed by atoms with Gasteiger partial charge in [0, 0.05) is 11.3 Å². The summed E-state index contributed by atoms with van der Waals surface area (Å²) in [6.07, 6.45) is 0. The lowest BCUT2D eigenvalue weighted by Crippen LogP contribution is -2.54. The summed E-state index contributed by atoms with van der Waals surface area (Å²) in [7, 11) is -4.15. The van der Waals surface area contributed by atoms with E-state index >= 15 is 0 Å². The smallest absolute Gasteiger partial charge is 0.274 e. The van der Waals surface area contributed by atoms with Crippen LogP contribution >= 0.6 is 0 Å². The Balaban J connectivity index is 1.75. The summed E-state index contributed by atoms with van der Waals surface area (Å²) in [5.41, 5.74) is 3.05. The quantitative estimate of drug-likeness (QED) is 0.637. The molecule has 2 amide bonds. The summed E-state index contributed by atoms with van der Waals surface area (Å²) in [6.45, 7) is 2.11. The lowest BCUT2D eigenvalue weighted by Gasteiger charge is -2.32. The molecule has 1 atom stereocenters. The van der Waals surface area contributed by atoms with Gasteiger partial charge < -0.3 is 4.90 Å². The number of anilines is 2. The zero-order valence-corrected chi connectivity index (χ0v) is 17.7. The molecule has 0 unspecified atom stereocenters. The SMILES string of the molecule is Cc1ccc(N2C(=O)CS(=O)(=O)[C@]23C(=O)N(Cc2ccccc2)c2ccccc23)cc1. The minimum atomic E-state index is -4.15. The molecule has 6 nitrogen and oxygen atoms in total. The molecule has 3 aromatic rings. The number of para-hydroxylation sites is 1. The number of amides is 2. The zero-order chi connectivity index (χ0) is 21.8. The molecular formula is C24H20N2O4S. The van der Waals surface area contributed by atoms with Crippen molar-refractivity contribution in [3.05, 3.63) is 95.6 Å². The molecule has 2 aliphatic rings. The maximum Gasteiger partial charge on any atom is 0.274 e. The molecule has 0 N–H and O–H groups in total. The van der Waals surface area contributed by atoms with Crippen LogP contribution in [0.2, 0.25) is 0 Å². The summed E-state index contributed by atoms with van der Waals surface area (Å²) in [5.74, 6) is -1.93. The maximum atomic E-state index is 14.0. The highest BCUT2D eigenvalue weighted by molar-refractivity contribution is 7.94. The van der Waals surface area contributed by atoms with Gasteiger partial charge in [-0.15, -0.1) is 0 Å². The average Bonchev–Trinajstić information content (AvgIpc) is 3.13. The van der Waals surface area contributed by atoms with Gasteiger partial charge in [-0.25, -0.2) is 8.42 Å². The monoisotopic (exact) mass is 432 g/mol. The molecule has 31 heavy (non-hydrogen) atoms. The van der Waals surface area contributed by atoms with Gasteiger partial charge in [0.1, 0.15) is 5.75 Å². The minimum absolute atomic E-state index is 0.212. The number of rotatable bonds is 3. The summed E-state index contributed by atoms with van der Waals surface area (Å²) < 4.78 is 27.0. The second kappa shape index (κ2) is 6.78. The lowest BCUT2D eigenvalue weighted by molar-refractivity contribution is -0.123. The Morgan fingerprint density at radius 1 is 0.871 bits per heavy atom. The van der Waals surface area contributed by atoms with Crippen molar-refractivity contribution in [1.29, 1.82) is 0 Å². The Bertz CT molecular complexity index is 1300. The number of fused-ring (bicyclic) bond motifs is 2. The maximum absolute atomic E-state index is 14.0. The van der Waals surface area contributed by atoms with E-state index in [4.69, 9.17) is 0 Å². The summed E-state index contributed by atoms with van der Waals surface area (Å²) >= 11 is 0. The Morgan fingerprint density at radius 2 is 1.52 bits per heavy atom. The van der Waals surface area contributed by atoms with E-state index < -0.39 is 32.3 Å². The van der Waals surface area contributed by atoms with Gasteiger partial charge in [-0.2, -0.15) is 0 Å². The van der Waals surface area contributed by atoms with Crippen LogP contribution in [0, 0.1) is 6.92 Å². The summed E-state index contributed by atoms with van der Waals surface area (Å²) in [6, 6.07) is 23.2. The molecule has 5 rings (SSSR count). The van der Waals surface area contributed by atoms with Crippen LogP contribution in [0.25, 0.3) is 0 Å². The van der Waals surface area contributed by atoms with Gasteiger partial charge in [-0.05, 0) is 30.7 Å². The van der Waals surface area contributed by atoms with Crippen LogP contribution in [-0.2, 0) is 30.8 Å². The molecule has 156 valence electrons. The van der Waals surface area contributed by atoms with E-state index in [2.05, 4.69) is 0 Å². The van der Waals surface area contributed by atoms with Crippen LogP contribution in [0.4, 0.5) is 11.4 Å². The number of nitrogens with zero attached hydrogens (tertiary/aromatic N) is 2. The van der Waals surface area contributed by atoms with E-state index in [1.54, 1.807) is 48.5 Å². The largest absolute Gasteiger partial charge is 0.304 e. The molecule has 2 heterocycles.